The Hall–Kier alpha value is -1.99. The highest BCUT2D eigenvalue weighted by molar-refractivity contribution is 7.98. The van der Waals surface area contributed by atoms with Gasteiger partial charge in [-0.3, -0.25) is 9.59 Å². The molecule has 1 saturated heterocycles. The molecule has 3 heterocycles. The average molecular weight is 405 g/mol. The third kappa shape index (κ3) is 3.71. The molecule has 2 aliphatic heterocycles. The number of nitrogens with one attached hydrogen (secondary N) is 1. The van der Waals surface area contributed by atoms with Crippen LogP contribution in [0.2, 0.25) is 5.02 Å². The summed E-state index contributed by atoms with van der Waals surface area (Å²) in [5, 5.41) is 8.06. The van der Waals surface area contributed by atoms with Crippen LogP contribution in [0.25, 0.3) is 5.69 Å². The van der Waals surface area contributed by atoms with E-state index in [-0.39, 0.29) is 0 Å². The number of halogens is 1. The number of amides is 2. The van der Waals surface area contributed by atoms with Crippen LogP contribution in [0.1, 0.15) is 31.0 Å². The molecular formula is C19H21ClN4O2S. The number of rotatable bonds is 2. The molecule has 27 heavy (non-hydrogen) atoms. The third-order valence-corrected chi connectivity index (χ3v) is 6.18. The largest absolute Gasteiger partial charge is 0.334 e. The van der Waals surface area contributed by atoms with E-state index in [2.05, 4.69) is 17.3 Å². The molecule has 4 rings (SSSR count). The summed E-state index contributed by atoms with van der Waals surface area (Å²) in [5.74, 6) is 1.48. The molecule has 1 fully saturated rings. The Morgan fingerprint density at radius 3 is 2.96 bits per heavy atom. The van der Waals surface area contributed by atoms with Crippen molar-refractivity contribution in [2.24, 2.45) is 5.92 Å². The van der Waals surface area contributed by atoms with Crippen molar-refractivity contribution in [1.82, 2.24) is 14.7 Å². The zero-order chi connectivity index (χ0) is 19.0. The van der Waals surface area contributed by atoms with Gasteiger partial charge in [-0.05, 0) is 37.0 Å². The van der Waals surface area contributed by atoms with Crippen molar-refractivity contribution in [3.63, 3.8) is 0 Å². The van der Waals surface area contributed by atoms with Crippen LogP contribution >= 0.6 is 23.4 Å². The summed E-state index contributed by atoms with van der Waals surface area (Å²) in [6, 6.07) is 7.30. The van der Waals surface area contributed by atoms with Gasteiger partial charge in [0.2, 0.25) is 0 Å². The topological polar surface area (TPSA) is 67.2 Å². The normalized spacial score (nSPS) is 19.0. The number of carbonyl (C=O) groups is 2. The number of anilines is 1. The predicted octanol–water partition coefficient (Wildman–Crippen LogP) is 3.47. The first kappa shape index (κ1) is 18.4. The number of benzene rings is 1. The first-order valence-corrected chi connectivity index (χ1v) is 10.6. The Bertz CT molecular complexity index is 898. The standard InChI is InChI=1S/C19H21ClN4O2S/c1-12-4-3-7-23(9-12)19(26)18(25)21-17-15-10-27-11-16(15)22-24(17)14-6-2-5-13(20)8-14/h2,5-6,8,12H,3-4,7,9-11H2,1H3,(H,21,25)/t12-/m1/s1. The van der Waals surface area contributed by atoms with Gasteiger partial charge in [0.25, 0.3) is 0 Å². The van der Waals surface area contributed by atoms with Crippen LogP contribution in [-0.2, 0) is 21.1 Å². The van der Waals surface area contributed by atoms with E-state index in [1.165, 1.54) is 0 Å². The number of hydrogen-bond donors (Lipinski definition) is 1. The molecule has 1 aromatic heterocycles. The molecule has 8 heteroatoms. The quantitative estimate of drug-likeness (QED) is 0.778. The first-order valence-electron chi connectivity index (χ1n) is 9.07. The van der Waals surface area contributed by atoms with Crippen LogP contribution in [0.3, 0.4) is 0 Å². The SMILES string of the molecule is C[C@@H]1CCCN(C(=O)C(=O)Nc2c3c(nn2-c2cccc(Cl)c2)CSC3)C1. The Morgan fingerprint density at radius 2 is 2.19 bits per heavy atom. The number of nitrogens with zero attached hydrogens (tertiary/aromatic N) is 3. The van der Waals surface area contributed by atoms with E-state index in [1.807, 2.05) is 12.1 Å². The average Bonchev–Trinajstić information content (AvgIpc) is 3.23. The monoisotopic (exact) mass is 404 g/mol. The van der Waals surface area contributed by atoms with Gasteiger partial charge in [0.05, 0.1) is 11.4 Å². The van der Waals surface area contributed by atoms with Crippen molar-refractivity contribution in [3.8, 4) is 5.69 Å². The molecule has 0 aliphatic carbocycles. The number of fused-ring (bicyclic) bond motifs is 1. The van der Waals surface area contributed by atoms with E-state index < -0.39 is 11.8 Å². The highest BCUT2D eigenvalue weighted by Gasteiger charge is 2.30. The van der Waals surface area contributed by atoms with Gasteiger partial charge in [0.15, 0.2) is 0 Å². The van der Waals surface area contributed by atoms with Gasteiger partial charge in [0, 0.05) is 35.2 Å². The second-order valence-corrected chi connectivity index (χ2v) is 8.53. The predicted molar refractivity (Wildman–Crippen MR) is 107 cm³/mol. The first-order chi connectivity index (χ1) is 13.0. The van der Waals surface area contributed by atoms with Crippen molar-refractivity contribution >= 4 is 41.0 Å². The minimum Gasteiger partial charge on any atom is -0.334 e. The summed E-state index contributed by atoms with van der Waals surface area (Å²) in [6.07, 6.45) is 2.03. The zero-order valence-electron chi connectivity index (χ0n) is 15.1. The molecule has 2 aliphatic rings. The van der Waals surface area contributed by atoms with Gasteiger partial charge in [0.1, 0.15) is 5.82 Å². The van der Waals surface area contributed by atoms with E-state index in [0.29, 0.717) is 29.8 Å². The lowest BCUT2D eigenvalue weighted by molar-refractivity contribution is -0.144. The Morgan fingerprint density at radius 1 is 1.33 bits per heavy atom. The molecule has 2 aromatic rings. The number of likely N-dealkylation sites (tertiary alicyclic amines) is 1. The number of thioether (sulfide) groups is 1. The second kappa shape index (κ2) is 7.56. The summed E-state index contributed by atoms with van der Waals surface area (Å²) in [6.45, 7) is 3.38. The zero-order valence-corrected chi connectivity index (χ0v) is 16.6. The van der Waals surface area contributed by atoms with Crippen LogP contribution in [0.4, 0.5) is 5.82 Å². The van der Waals surface area contributed by atoms with E-state index in [4.69, 9.17) is 11.6 Å². The highest BCUT2D eigenvalue weighted by Crippen LogP contribution is 2.36. The Balaban J connectivity index is 1.61. The van der Waals surface area contributed by atoms with E-state index in [0.717, 1.165) is 41.3 Å². The molecule has 1 aromatic carbocycles. The maximum atomic E-state index is 12.7. The summed E-state index contributed by atoms with van der Waals surface area (Å²) in [7, 11) is 0. The lowest BCUT2D eigenvalue weighted by Crippen LogP contribution is -2.45. The molecule has 0 saturated carbocycles. The van der Waals surface area contributed by atoms with Crippen LogP contribution < -0.4 is 5.32 Å². The molecule has 0 unspecified atom stereocenters. The maximum absolute atomic E-state index is 12.7. The van der Waals surface area contributed by atoms with E-state index >= 15 is 0 Å². The van der Waals surface area contributed by atoms with Crippen molar-refractivity contribution in [1.29, 1.82) is 0 Å². The second-order valence-electron chi connectivity index (χ2n) is 7.11. The Kier molecular flexibility index (Phi) is 5.14. The van der Waals surface area contributed by atoms with Gasteiger partial charge < -0.3 is 10.2 Å². The smallest absolute Gasteiger partial charge is 0.315 e. The van der Waals surface area contributed by atoms with Gasteiger partial charge in [-0.1, -0.05) is 24.6 Å². The van der Waals surface area contributed by atoms with Gasteiger partial charge in [-0.15, -0.1) is 0 Å². The molecule has 1 N–H and O–H groups in total. The molecule has 0 bridgehead atoms. The lowest BCUT2D eigenvalue weighted by atomic mass is 10.0. The number of carbonyl (C=O) groups excluding carboxylic acids is 2. The lowest BCUT2D eigenvalue weighted by Gasteiger charge is -2.30. The van der Waals surface area contributed by atoms with Crippen molar-refractivity contribution < 1.29 is 9.59 Å². The van der Waals surface area contributed by atoms with Crippen molar-refractivity contribution in [2.75, 3.05) is 18.4 Å². The van der Waals surface area contributed by atoms with Crippen molar-refractivity contribution in [2.45, 2.75) is 31.3 Å². The molecule has 142 valence electrons. The van der Waals surface area contributed by atoms with Crippen LogP contribution in [0.15, 0.2) is 24.3 Å². The summed E-state index contributed by atoms with van der Waals surface area (Å²) in [4.78, 5) is 27.0. The molecular weight excluding hydrogens is 384 g/mol. The fourth-order valence-corrected chi connectivity index (χ4v) is 4.83. The van der Waals surface area contributed by atoms with Gasteiger partial charge in [-0.25, -0.2) is 4.68 Å². The molecule has 0 spiro atoms. The minimum absolute atomic E-state index is 0.424. The number of hydrogen-bond acceptors (Lipinski definition) is 4. The molecule has 0 radical (unpaired) electrons. The highest BCUT2D eigenvalue weighted by atomic mass is 35.5. The summed E-state index contributed by atoms with van der Waals surface area (Å²) < 4.78 is 1.68. The van der Waals surface area contributed by atoms with Gasteiger partial charge in [-0.2, -0.15) is 16.9 Å². The fraction of sp³-hybridized carbons (Fsp3) is 0.421. The van der Waals surface area contributed by atoms with Crippen LogP contribution in [-0.4, -0.2) is 39.6 Å². The summed E-state index contributed by atoms with van der Waals surface area (Å²) in [5.41, 5.74) is 2.68. The van der Waals surface area contributed by atoms with Crippen LogP contribution in [0, 0.1) is 5.92 Å². The Labute approximate surface area is 167 Å². The van der Waals surface area contributed by atoms with Gasteiger partial charge >= 0.3 is 11.8 Å². The van der Waals surface area contributed by atoms with Crippen LogP contribution in [0.5, 0.6) is 0 Å². The molecule has 6 nitrogen and oxygen atoms in total. The molecule has 2 amide bonds. The third-order valence-electron chi connectivity index (χ3n) is 4.98. The summed E-state index contributed by atoms with van der Waals surface area (Å²) >= 11 is 7.87. The number of piperidine rings is 1. The van der Waals surface area contributed by atoms with E-state index in [1.54, 1.807) is 33.5 Å². The van der Waals surface area contributed by atoms with E-state index in [9.17, 15) is 9.59 Å². The fourth-order valence-electron chi connectivity index (χ4n) is 3.61. The van der Waals surface area contributed by atoms with Crippen molar-refractivity contribution in [3.05, 3.63) is 40.5 Å². The minimum atomic E-state index is -0.605. The molecule has 1 atom stereocenters. The number of aromatic nitrogens is 2. The maximum Gasteiger partial charge on any atom is 0.315 e.